The molecule has 19 heavy (non-hydrogen) atoms. The molecule has 0 spiro atoms. The molecule has 1 aliphatic heterocycles. The zero-order valence-electron chi connectivity index (χ0n) is 10.4. The number of nitrogens with one attached hydrogen (secondary N) is 2. The van der Waals surface area contributed by atoms with Crippen LogP contribution in [0.25, 0.3) is 0 Å². The van der Waals surface area contributed by atoms with Gasteiger partial charge in [-0.05, 0) is 24.2 Å². The number of benzene rings is 1. The van der Waals surface area contributed by atoms with Crippen molar-refractivity contribution in [3.05, 3.63) is 34.3 Å². The number of aliphatic imine (C=N–C) groups is 1. The first-order valence-corrected chi connectivity index (χ1v) is 6.79. The van der Waals surface area contributed by atoms with E-state index >= 15 is 0 Å². The largest absolute Gasteiger partial charge is 0.312 e. The lowest BCUT2D eigenvalue weighted by atomic mass is 9.96. The van der Waals surface area contributed by atoms with Gasteiger partial charge in [-0.1, -0.05) is 35.0 Å². The van der Waals surface area contributed by atoms with Gasteiger partial charge >= 0.3 is 0 Å². The number of rotatable bonds is 4. The van der Waals surface area contributed by atoms with Gasteiger partial charge in [-0.3, -0.25) is 9.59 Å². The lowest BCUT2D eigenvalue weighted by molar-refractivity contribution is -0.129. The van der Waals surface area contributed by atoms with E-state index in [1.807, 2.05) is 13.0 Å². The van der Waals surface area contributed by atoms with Crippen LogP contribution in [0.3, 0.4) is 0 Å². The van der Waals surface area contributed by atoms with Crippen molar-refractivity contribution in [2.24, 2.45) is 4.99 Å². The fraction of sp³-hybridized carbons (Fsp3) is 0.308. The van der Waals surface area contributed by atoms with Gasteiger partial charge in [0, 0.05) is 4.47 Å². The Balaban J connectivity index is 2.22. The topological polar surface area (TPSA) is 70.6 Å². The second-order valence-corrected chi connectivity index (χ2v) is 5.07. The van der Waals surface area contributed by atoms with E-state index < -0.39 is 11.8 Å². The molecule has 0 radical (unpaired) electrons. The van der Waals surface area contributed by atoms with Crippen LogP contribution in [0.15, 0.2) is 33.7 Å². The van der Waals surface area contributed by atoms with Gasteiger partial charge < -0.3 is 10.6 Å². The average molecular weight is 324 g/mol. The van der Waals surface area contributed by atoms with Crippen LogP contribution in [-0.4, -0.2) is 30.7 Å². The summed E-state index contributed by atoms with van der Waals surface area (Å²) >= 11 is 3.33. The van der Waals surface area contributed by atoms with Crippen LogP contribution >= 0.6 is 15.9 Å². The fourth-order valence-electron chi connectivity index (χ4n) is 1.86. The third kappa shape index (κ3) is 3.27. The summed E-state index contributed by atoms with van der Waals surface area (Å²) < 4.78 is 0.827. The van der Waals surface area contributed by atoms with Gasteiger partial charge in [0.25, 0.3) is 5.91 Å². The highest BCUT2D eigenvalue weighted by Gasteiger charge is 2.33. The molecule has 5 nitrogen and oxygen atoms in total. The van der Waals surface area contributed by atoms with Crippen molar-refractivity contribution in [1.29, 1.82) is 0 Å². The molecule has 100 valence electrons. The van der Waals surface area contributed by atoms with Gasteiger partial charge in [-0.2, -0.15) is 4.99 Å². The maximum absolute atomic E-state index is 12.0. The molecule has 1 heterocycles. The number of hydrogen-bond donors (Lipinski definition) is 2. The summed E-state index contributed by atoms with van der Waals surface area (Å²) in [5, 5.41) is 5.68. The predicted molar refractivity (Wildman–Crippen MR) is 76.0 cm³/mol. The Bertz CT molecular complexity index is 542. The Morgan fingerprint density at radius 3 is 2.84 bits per heavy atom. The van der Waals surface area contributed by atoms with E-state index in [9.17, 15) is 9.59 Å². The van der Waals surface area contributed by atoms with Gasteiger partial charge in [0.05, 0.1) is 6.54 Å². The van der Waals surface area contributed by atoms with Crippen LogP contribution in [0.2, 0.25) is 0 Å². The van der Waals surface area contributed by atoms with Crippen LogP contribution in [0, 0.1) is 0 Å². The SMILES string of the molecule is CCNCC1=NC(=O)C(c2cccc(Br)c2)C(=O)N1. The number of amides is 2. The quantitative estimate of drug-likeness (QED) is 0.818. The number of hydrogen-bond acceptors (Lipinski definition) is 3. The number of carbonyl (C=O) groups is 2. The zero-order valence-corrected chi connectivity index (χ0v) is 12.0. The smallest absolute Gasteiger partial charge is 0.264 e. The molecule has 1 atom stereocenters. The van der Waals surface area contributed by atoms with Crippen LogP contribution in [-0.2, 0) is 9.59 Å². The highest BCUT2D eigenvalue weighted by atomic mass is 79.9. The van der Waals surface area contributed by atoms with Crippen molar-refractivity contribution in [2.75, 3.05) is 13.1 Å². The molecular weight excluding hydrogens is 310 g/mol. The van der Waals surface area contributed by atoms with Gasteiger partial charge in [-0.25, -0.2) is 0 Å². The van der Waals surface area contributed by atoms with Crippen molar-refractivity contribution in [1.82, 2.24) is 10.6 Å². The van der Waals surface area contributed by atoms with Crippen molar-refractivity contribution in [3.8, 4) is 0 Å². The molecule has 2 N–H and O–H groups in total. The van der Waals surface area contributed by atoms with Gasteiger partial charge in [0.2, 0.25) is 5.91 Å². The predicted octanol–water partition coefficient (Wildman–Crippen LogP) is 1.20. The Labute approximate surface area is 119 Å². The molecule has 0 aliphatic carbocycles. The summed E-state index contributed by atoms with van der Waals surface area (Å²) in [7, 11) is 0. The highest BCUT2D eigenvalue weighted by Crippen LogP contribution is 2.23. The number of halogens is 1. The Hall–Kier alpha value is -1.53. The Kier molecular flexibility index (Phi) is 4.44. The Morgan fingerprint density at radius 2 is 2.21 bits per heavy atom. The first kappa shape index (κ1) is 13.9. The minimum absolute atomic E-state index is 0.328. The fourth-order valence-corrected chi connectivity index (χ4v) is 2.28. The summed E-state index contributed by atoms with van der Waals surface area (Å²) in [6, 6.07) is 7.14. The lowest BCUT2D eigenvalue weighted by Gasteiger charge is -2.20. The van der Waals surface area contributed by atoms with E-state index in [2.05, 4.69) is 31.6 Å². The van der Waals surface area contributed by atoms with Crippen molar-refractivity contribution >= 4 is 33.6 Å². The van der Waals surface area contributed by atoms with Crippen LogP contribution < -0.4 is 10.6 Å². The molecule has 0 aromatic heterocycles. The molecule has 2 rings (SSSR count). The molecule has 0 saturated heterocycles. The van der Waals surface area contributed by atoms with Gasteiger partial charge in [0.1, 0.15) is 11.8 Å². The summed E-state index contributed by atoms with van der Waals surface area (Å²) in [5.41, 5.74) is 0.642. The standard InChI is InChI=1S/C13H14BrN3O2/c1-2-15-7-10-16-12(18)11(13(19)17-10)8-4-3-5-9(14)6-8/h3-6,11,15H,2,7H2,1H3,(H,16,17,18,19). The summed E-state index contributed by atoms with van der Waals surface area (Å²) in [6.07, 6.45) is 0. The maximum Gasteiger partial charge on any atom is 0.264 e. The molecule has 6 heteroatoms. The van der Waals surface area contributed by atoms with Crippen LogP contribution in [0.5, 0.6) is 0 Å². The summed E-state index contributed by atoms with van der Waals surface area (Å²) in [4.78, 5) is 28.0. The van der Waals surface area contributed by atoms with E-state index in [1.165, 1.54) is 0 Å². The molecule has 2 amide bonds. The second kappa shape index (κ2) is 6.08. The van der Waals surface area contributed by atoms with Crippen molar-refractivity contribution in [2.45, 2.75) is 12.8 Å². The first-order chi connectivity index (χ1) is 9.11. The van der Waals surface area contributed by atoms with E-state index in [4.69, 9.17) is 0 Å². The number of nitrogens with zero attached hydrogens (tertiary/aromatic N) is 1. The maximum atomic E-state index is 12.0. The normalized spacial score (nSPS) is 19.1. The molecule has 0 fully saturated rings. The van der Waals surface area contributed by atoms with Gasteiger partial charge in [-0.15, -0.1) is 0 Å². The molecule has 0 bridgehead atoms. The summed E-state index contributed by atoms with van der Waals surface area (Å²) in [5.74, 6) is -1.23. The van der Waals surface area contributed by atoms with E-state index in [1.54, 1.807) is 18.2 Å². The minimum Gasteiger partial charge on any atom is -0.312 e. The average Bonchev–Trinajstić information content (AvgIpc) is 2.35. The number of amidine groups is 1. The molecular formula is C13H14BrN3O2. The second-order valence-electron chi connectivity index (χ2n) is 4.15. The monoisotopic (exact) mass is 323 g/mol. The number of carbonyl (C=O) groups excluding carboxylic acids is 2. The van der Waals surface area contributed by atoms with E-state index in [-0.39, 0.29) is 5.91 Å². The third-order valence-corrected chi connectivity index (χ3v) is 3.24. The molecule has 1 aromatic rings. The molecule has 1 aromatic carbocycles. The van der Waals surface area contributed by atoms with Gasteiger partial charge in [0.15, 0.2) is 0 Å². The lowest BCUT2D eigenvalue weighted by Crippen LogP contribution is -2.46. The zero-order chi connectivity index (χ0) is 13.8. The van der Waals surface area contributed by atoms with E-state index in [0.717, 1.165) is 11.0 Å². The van der Waals surface area contributed by atoms with E-state index in [0.29, 0.717) is 17.9 Å². The molecule has 1 unspecified atom stereocenters. The summed E-state index contributed by atoms with van der Waals surface area (Å²) in [6.45, 7) is 3.08. The minimum atomic E-state index is -0.858. The third-order valence-electron chi connectivity index (χ3n) is 2.75. The Morgan fingerprint density at radius 1 is 1.42 bits per heavy atom. The highest BCUT2D eigenvalue weighted by molar-refractivity contribution is 9.10. The van der Waals surface area contributed by atoms with Crippen LogP contribution in [0.4, 0.5) is 0 Å². The number of likely N-dealkylation sites (N-methyl/N-ethyl adjacent to an activating group) is 1. The first-order valence-electron chi connectivity index (χ1n) is 6.00. The van der Waals surface area contributed by atoms with Crippen molar-refractivity contribution in [3.63, 3.8) is 0 Å². The molecule has 0 saturated carbocycles. The van der Waals surface area contributed by atoms with Crippen molar-refractivity contribution < 1.29 is 9.59 Å². The molecule has 1 aliphatic rings. The van der Waals surface area contributed by atoms with Crippen LogP contribution in [0.1, 0.15) is 18.4 Å².